The van der Waals surface area contributed by atoms with Gasteiger partial charge in [-0.3, -0.25) is 0 Å². The number of rotatable bonds is 0. The van der Waals surface area contributed by atoms with Crippen molar-refractivity contribution < 1.29 is 16.9 Å². The zero-order valence-corrected chi connectivity index (χ0v) is 6.71. The lowest BCUT2D eigenvalue weighted by Crippen LogP contribution is -2.33. The lowest BCUT2D eigenvalue weighted by molar-refractivity contribution is -0.114. The third-order valence-corrected chi connectivity index (χ3v) is 2.65. The van der Waals surface area contributed by atoms with Crippen LogP contribution in [-0.2, 0) is 18.9 Å². The monoisotopic (exact) mass is 179 g/mol. The summed E-state index contributed by atoms with van der Waals surface area (Å²) in [6.45, 7) is 0.643. The van der Waals surface area contributed by atoms with Crippen molar-refractivity contribution >= 4 is 10.4 Å². The molecule has 0 radical (unpaired) electrons. The van der Waals surface area contributed by atoms with Gasteiger partial charge in [0.25, 0.3) is 0 Å². The van der Waals surface area contributed by atoms with Gasteiger partial charge in [0.15, 0.2) is 6.23 Å². The van der Waals surface area contributed by atoms with E-state index in [1.807, 2.05) is 0 Å². The summed E-state index contributed by atoms with van der Waals surface area (Å²) in [5, 5.41) is 1.39. The van der Waals surface area contributed by atoms with Gasteiger partial charge in [0.2, 0.25) is 0 Å². The second-order valence-corrected chi connectivity index (χ2v) is 3.83. The Kier molecular flexibility index (Phi) is 1.64. The first-order chi connectivity index (χ1) is 5.17. The molecule has 0 aliphatic carbocycles. The van der Waals surface area contributed by atoms with Gasteiger partial charge in [-0.2, -0.15) is 12.7 Å². The molecule has 0 spiro atoms. The lowest BCUT2D eigenvalue weighted by Gasteiger charge is -2.22. The molecule has 5 nitrogen and oxygen atoms in total. The molecule has 64 valence electrons. The predicted molar refractivity (Wildman–Crippen MR) is 35.4 cm³/mol. The van der Waals surface area contributed by atoms with Gasteiger partial charge in [0.1, 0.15) is 0 Å². The van der Waals surface area contributed by atoms with E-state index in [1.54, 1.807) is 0 Å². The molecule has 2 fully saturated rings. The SMILES string of the molecule is O=S1(=O)OC2CCCCN2O1. The number of hydrogen-bond acceptors (Lipinski definition) is 5. The van der Waals surface area contributed by atoms with E-state index >= 15 is 0 Å². The summed E-state index contributed by atoms with van der Waals surface area (Å²) in [6.07, 6.45) is 2.34. The Hall–Kier alpha value is -0.170. The minimum Gasteiger partial charge on any atom is -0.226 e. The smallest absolute Gasteiger partial charge is 0.226 e. The highest BCUT2D eigenvalue weighted by Gasteiger charge is 2.39. The van der Waals surface area contributed by atoms with Crippen molar-refractivity contribution in [2.24, 2.45) is 0 Å². The Morgan fingerprint density at radius 1 is 1.36 bits per heavy atom. The van der Waals surface area contributed by atoms with Crippen molar-refractivity contribution in [2.75, 3.05) is 6.54 Å². The molecule has 0 bridgehead atoms. The maximum Gasteiger partial charge on any atom is 0.418 e. The Balaban J connectivity index is 2.15. The Bertz CT molecular complexity index is 229. The van der Waals surface area contributed by atoms with Crippen molar-refractivity contribution in [3.63, 3.8) is 0 Å². The number of hydroxylamine groups is 2. The van der Waals surface area contributed by atoms with Crippen LogP contribution in [-0.4, -0.2) is 26.3 Å². The first-order valence-corrected chi connectivity index (χ1v) is 4.90. The molecule has 11 heavy (non-hydrogen) atoms. The zero-order chi connectivity index (χ0) is 7.90. The summed E-state index contributed by atoms with van der Waals surface area (Å²) in [6, 6.07) is 0. The summed E-state index contributed by atoms with van der Waals surface area (Å²) in [5.74, 6) is 0. The molecule has 0 N–H and O–H groups in total. The molecule has 0 aromatic heterocycles. The van der Waals surface area contributed by atoms with Gasteiger partial charge < -0.3 is 0 Å². The van der Waals surface area contributed by atoms with Gasteiger partial charge in [-0.15, -0.1) is 5.06 Å². The summed E-state index contributed by atoms with van der Waals surface area (Å²) < 4.78 is 30.6. The van der Waals surface area contributed by atoms with E-state index in [2.05, 4.69) is 8.47 Å². The molecule has 1 atom stereocenters. The third kappa shape index (κ3) is 1.39. The van der Waals surface area contributed by atoms with E-state index in [-0.39, 0.29) is 6.23 Å². The summed E-state index contributed by atoms with van der Waals surface area (Å²) in [4.78, 5) is 0. The van der Waals surface area contributed by atoms with Gasteiger partial charge in [-0.05, 0) is 19.3 Å². The molecule has 6 heteroatoms. The van der Waals surface area contributed by atoms with Crippen molar-refractivity contribution in [1.29, 1.82) is 0 Å². The Morgan fingerprint density at radius 2 is 2.18 bits per heavy atom. The second-order valence-electron chi connectivity index (χ2n) is 2.67. The van der Waals surface area contributed by atoms with Crippen molar-refractivity contribution in [3.8, 4) is 0 Å². The zero-order valence-electron chi connectivity index (χ0n) is 5.89. The molecule has 2 saturated heterocycles. The van der Waals surface area contributed by atoms with Crippen molar-refractivity contribution in [1.82, 2.24) is 5.06 Å². The van der Waals surface area contributed by atoms with E-state index in [0.29, 0.717) is 6.54 Å². The fourth-order valence-electron chi connectivity index (χ4n) is 1.33. The highest BCUT2D eigenvalue weighted by molar-refractivity contribution is 7.82. The lowest BCUT2D eigenvalue weighted by atomic mass is 10.1. The van der Waals surface area contributed by atoms with Crippen LogP contribution in [0.4, 0.5) is 0 Å². The van der Waals surface area contributed by atoms with Crippen LogP contribution in [0.15, 0.2) is 0 Å². The van der Waals surface area contributed by atoms with E-state index < -0.39 is 10.4 Å². The average Bonchev–Trinajstić information content (AvgIpc) is 2.21. The minimum absolute atomic E-state index is 0.367. The molecule has 2 heterocycles. The topological polar surface area (TPSA) is 55.8 Å². The van der Waals surface area contributed by atoms with E-state index in [1.165, 1.54) is 5.06 Å². The first kappa shape index (κ1) is 7.48. The summed E-state index contributed by atoms with van der Waals surface area (Å²) in [7, 11) is -3.70. The number of nitrogens with zero attached hydrogens (tertiary/aromatic N) is 1. The van der Waals surface area contributed by atoms with Crippen LogP contribution in [0.5, 0.6) is 0 Å². The molecule has 2 aliphatic rings. The van der Waals surface area contributed by atoms with Crippen LogP contribution in [0, 0.1) is 0 Å². The number of fused-ring (bicyclic) bond motifs is 1. The van der Waals surface area contributed by atoms with Crippen molar-refractivity contribution in [2.45, 2.75) is 25.5 Å². The van der Waals surface area contributed by atoms with Gasteiger partial charge >= 0.3 is 10.4 Å². The van der Waals surface area contributed by atoms with E-state index in [0.717, 1.165) is 19.3 Å². The maximum absolute atomic E-state index is 10.7. The van der Waals surface area contributed by atoms with Crippen LogP contribution in [0.25, 0.3) is 0 Å². The highest BCUT2D eigenvalue weighted by Crippen LogP contribution is 2.27. The number of piperidine rings is 1. The van der Waals surface area contributed by atoms with Crippen LogP contribution in [0.3, 0.4) is 0 Å². The molecule has 0 saturated carbocycles. The third-order valence-electron chi connectivity index (χ3n) is 1.82. The second kappa shape index (κ2) is 2.41. The maximum atomic E-state index is 10.7. The molecule has 2 aliphatic heterocycles. The molecule has 2 rings (SSSR count). The van der Waals surface area contributed by atoms with Crippen LogP contribution in [0.1, 0.15) is 19.3 Å². The van der Waals surface area contributed by atoms with E-state index in [4.69, 9.17) is 0 Å². The molecule has 1 unspecified atom stereocenters. The highest BCUT2D eigenvalue weighted by atomic mass is 32.3. The number of hydrogen-bond donors (Lipinski definition) is 0. The first-order valence-electron chi connectivity index (χ1n) is 3.57. The molecule has 0 aromatic carbocycles. The summed E-state index contributed by atoms with van der Waals surface area (Å²) >= 11 is 0. The molecule has 0 aromatic rings. The van der Waals surface area contributed by atoms with Gasteiger partial charge in [0.05, 0.1) is 0 Å². The molecular weight excluding hydrogens is 170 g/mol. The quantitative estimate of drug-likeness (QED) is 0.524. The fraction of sp³-hybridized carbons (Fsp3) is 1.00. The minimum atomic E-state index is -3.70. The normalized spacial score (nSPS) is 36.9. The largest absolute Gasteiger partial charge is 0.418 e. The average molecular weight is 179 g/mol. The molecular formula is C5H9NO4S. The van der Waals surface area contributed by atoms with E-state index in [9.17, 15) is 8.42 Å². The predicted octanol–water partition coefficient (Wildman–Crippen LogP) is 0.00500. The van der Waals surface area contributed by atoms with Gasteiger partial charge in [-0.25, -0.2) is 4.18 Å². The van der Waals surface area contributed by atoms with Crippen LogP contribution in [0.2, 0.25) is 0 Å². The standard InChI is InChI=1S/C5H9NO4S/c7-11(8)9-5-3-1-2-4-6(5)10-11/h5H,1-4H2. The fourth-order valence-corrected chi connectivity index (χ4v) is 2.23. The Morgan fingerprint density at radius 3 is 2.91 bits per heavy atom. The van der Waals surface area contributed by atoms with Gasteiger partial charge in [-0.1, -0.05) is 0 Å². The molecule has 0 amide bonds. The summed E-state index contributed by atoms with van der Waals surface area (Å²) in [5.41, 5.74) is 0. The van der Waals surface area contributed by atoms with Crippen LogP contribution >= 0.6 is 0 Å². The van der Waals surface area contributed by atoms with Crippen LogP contribution < -0.4 is 0 Å². The van der Waals surface area contributed by atoms with Crippen molar-refractivity contribution in [3.05, 3.63) is 0 Å². The van der Waals surface area contributed by atoms with Gasteiger partial charge in [0, 0.05) is 6.54 Å². The Labute approximate surface area is 65.2 Å².